The molecule has 3 aromatic rings. The predicted molar refractivity (Wildman–Crippen MR) is 87.3 cm³/mol. The standard InChI is InChI=1S/C19H13FN2O2/c20-17-6-2-1-5-14(17)8-9-19(23)24-13-15-12-22-10-4-3-7-18(22)16(15)11-21/h1-10,12H,13H2/b9-8+. The Morgan fingerprint density at radius 1 is 1.25 bits per heavy atom. The van der Waals surface area contributed by atoms with Crippen molar-refractivity contribution in [2.45, 2.75) is 6.61 Å². The van der Waals surface area contributed by atoms with Gasteiger partial charge in [-0.05, 0) is 24.3 Å². The van der Waals surface area contributed by atoms with Crippen LogP contribution in [0.1, 0.15) is 16.7 Å². The number of carbonyl (C=O) groups excluding carboxylic acids is 1. The highest BCUT2D eigenvalue weighted by Crippen LogP contribution is 2.18. The number of ether oxygens (including phenoxy) is 1. The highest BCUT2D eigenvalue weighted by atomic mass is 19.1. The van der Waals surface area contributed by atoms with E-state index in [-0.39, 0.29) is 6.61 Å². The summed E-state index contributed by atoms with van der Waals surface area (Å²) in [5.41, 5.74) is 2.16. The molecule has 0 unspecified atom stereocenters. The normalized spacial score (nSPS) is 10.8. The molecular formula is C19H13FN2O2. The van der Waals surface area contributed by atoms with Crippen molar-refractivity contribution in [2.24, 2.45) is 0 Å². The van der Waals surface area contributed by atoms with Crippen LogP contribution in [0.5, 0.6) is 0 Å². The Bertz CT molecular complexity index is 967. The molecule has 0 saturated carbocycles. The molecule has 4 nitrogen and oxygen atoms in total. The van der Waals surface area contributed by atoms with Gasteiger partial charge in [-0.1, -0.05) is 24.3 Å². The van der Waals surface area contributed by atoms with Gasteiger partial charge in [-0.2, -0.15) is 5.26 Å². The summed E-state index contributed by atoms with van der Waals surface area (Å²) in [4.78, 5) is 11.8. The molecule has 0 N–H and O–H groups in total. The lowest BCUT2D eigenvalue weighted by molar-refractivity contribution is -0.138. The number of rotatable bonds is 4. The maximum atomic E-state index is 13.5. The maximum Gasteiger partial charge on any atom is 0.331 e. The van der Waals surface area contributed by atoms with Gasteiger partial charge in [0.05, 0.1) is 11.1 Å². The van der Waals surface area contributed by atoms with Crippen LogP contribution >= 0.6 is 0 Å². The van der Waals surface area contributed by atoms with Crippen molar-refractivity contribution >= 4 is 17.6 Å². The van der Waals surface area contributed by atoms with Crippen LogP contribution in [-0.4, -0.2) is 10.4 Å². The third kappa shape index (κ3) is 3.18. The van der Waals surface area contributed by atoms with E-state index in [0.29, 0.717) is 16.7 Å². The summed E-state index contributed by atoms with van der Waals surface area (Å²) in [5.74, 6) is -1.01. The number of nitrogens with zero attached hydrogens (tertiary/aromatic N) is 2. The SMILES string of the molecule is N#Cc1c(COC(=O)/C=C/c2ccccc2F)cn2ccccc12. The zero-order valence-corrected chi connectivity index (χ0v) is 12.6. The fourth-order valence-corrected chi connectivity index (χ4v) is 2.38. The first kappa shape index (κ1) is 15.5. The van der Waals surface area contributed by atoms with Gasteiger partial charge in [-0.25, -0.2) is 9.18 Å². The molecule has 3 rings (SSSR count). The Labute approximate surface area is 138 Å². The zero-order valence-electron chi connectivity index (χ0n) is 12.6. The van der Waals surface area contributed by atoms with Gasteiger partial charge in [0, 0.05) is 29.6 Å². The molecule has 0 radical (unpaired) electrons. The number of aromatic nitrogens is 1. The van der Waals surface area contributed by atoms with E-state index in [1.54, 1.807) is 28.8 Å². The van der Waals surface area contributed by atoms with Crippen molar-refractivity contribution < 1.29 is 13.9 Å². The van der Waals surface area contributed by atoms with Crippen molar-refractivity contribution in [1.82, 2.24) is 4.40 Å². The number of hydrogen-bond donors (Lipinski definition) is 0. The Kier molecular flexibility index (Phi) is 4.39. The molecule has 2 heterocycles. The number of carbonyl (C=O) groups is 1. The maximum absolute atomic E-state index is 13.5. The second-order valence-electron chi connectivity index (χ2n) is 5.10. The van der Waals surface area contributed by atoms with Gasteiger partial charge in [0.15, 0.2) is 0 Å². The highest BCUT2D eigenvalue weighted by Gasteiger charge is 2.11. The van der Waals surface area contributed by atoms with E-state index in [1.807, 2.05) is 24.4 Å². The first-order valence-electron chi connectivity index (χ1n) is 7.27. The fraction of sp³-hybridized carbons (Fsp3) is 0.0526. The lowest BCUT2D eigenvalue weighted by atomic mass is 10.2. The van der Waals surface area contributed by atoms with E-state index in [2.05, 4.69) is 6.07 Å². The molecule has 0 saturated heterocycles. The lowest BCUT2D eigenvalue weighted by Crippen LogP contribution is -2.01. The van der Waals surface area contributed by atoms with Crippen molar-refractivity contribution in [3.05, 3.63) is 83.4 Å². The molecule has 2 aromatic heterocycles. The third-order valence-corrected chi connectivity index (χ3v) is 3.55. The van der Waals surface area contributed by atoms with Crippen LogP contribution in [0, 0.1) is 17.1 Å². The molecule has 0 spiro atoms. The molecule has 1 aromatic carbocycles. The number of halogens is 1. The number of hydrogen-bond acceptors (Lipinski definition) is 3. The molecule has 0 bridgehead atoms. The number of pyridine rings is 1. The molecule has 24 heavy (non-hydrogen) atoms. The Morgan fingerprint density at radius 3 is 2.83 bits per heavy atom. The van der Waals surface area contributed by atoms with Gasteiger partial charge in [0.2, 0.25) is 0 Å². The summed E-state index contributed by atoms with van der Waals surface area (Å²) in [5, 5.41) is 9.29. The van der Waals surface area contributed by atoms with E-state index >= 15 is 0 Å². The molecule has 0 aliphatic heterocycles. The summed E-state index contributed by atoms with van der Waals surface area (Å²) in [6, 6.07) is 13.8. The molecule has 0 aliphatic carbocycles. The van der Waals surface area contributed by atoms with Crippen molar-refractivity contribution in [2.75, 3.05) is 0 Å². The van der Waals surface area contributed by atoms with Gasteiger partial charge in [-0.3, -0.25) is 0 Å². The van der Waals surface area contributed by atoms with Gasteiger partial charge in [-0.15, -0.1) is 0 Å². The minimum Gasteiger partial charge on any atom is -0.458 e. The van der Waals surface area contributed by atoms with Crippen LogP contribution in [0.2, 0.25) is 0 Å². The fourth-order valence-electron chi connectivity index (χ4n) is 2.38. The average molecular weight is 320 g/mol. The number of nitriles is 1. The van der Waals surface area contributed by atoms with Crippen LogP contribution in [0.25, 0.3) is 11.6 Å². The molecular weight excluding hydrogens is 307 g/mol. The molecule has 0 fully saturated rings. The highest BCUT2D eigenvalue weighted by molar-refractivity contribution is 5.87. The van der Waals surface area contributed by atoms with E-state index in [4.69, 9.17) is 4.74 Å². The molecule has 5 heteroatoms. The van der Waals surface area contributed by atoms with Crippen molar-refractivity contribution in [3.8, 4) is 6.07 Å². The molecule has 0 atom stereocenters. The second-order valence-corrected chi connectivity index (χ2v) is 5.10. The largest absolute Gasteiger partial charge is 0.458 e. The van der Waals surface area contributed by atoms with Crippen molar-refractivity contribution in [1.29, 1.82) is 5.26 Å². The first-order valence-corrected chi connectivity index (χ1v) is 7.27. The van der Waals surface area contributed by atoms with Crippen LogP contribution < -0.4 is 0 Å². The van der Waals surface area contributed by atoms with Gasteiger partial charge in [0.25, 0.3) is 0 Å². The Balaban J connectivity index is 1.71. The Morgan fingerprint density at radius 2 is 2.04 bits per heavy atom. The predicted octanol–water partition coefficient (Wildman–Crippen LogP) is 3.71. The minimum absolute atomic E-state index is 0.0228. The van der Waals surface area contributed by atoms with E-state index in [1.165, 1.54) is 18.2 Å². The van der Waals surface area contributed by atoms with E-state index < -0.39 is 11.8 Å². The molecule has 118 valence electrons. The van der Waals surface area contributed by atoms with Crippen LogP contribution in [0.3, 0.4) is 0 Å². The third-order valence-electron chi connectivity index (χ3n) is 3.55. The zero-order chi connectivity index (χ0) is 16.9. The van der Waals surface area contributed by atoms with Crippen LogP contribution in [-0.2, 0) is 16.1 Å². The number of fused-ring (bicyclic) bond motifs is 1. The van der Waals surface area contributed by atoms with E-state index in [9.17, 15) is 14.4 Å². The average Bonchev–Trinajstić information content (AvgIpc) is 2.96. The van der Waals surface area contributed by atoms with Gasteiger partial charge < -0.3 is 9.14 Å². The lowest BCUT2D eigenvalue weighted by Gasteiger charge is -2.00. The van der Waals surface area contributed by atoms with Crippen molar-refractivity contribution in [3.63, 3.8) is 0 Å². The topological polar surface area (TPSA) is 54.5 Å². The van der Waals surface area contributed by atoms with Gasteiger partial charge >= 0.3 is 5.97 Å². The molecule has 0 amide bonds. The van der Waals surface area contributed by atoms with Gasteiger partial charge in [0.1, 0.15) is 18.5 Å². The van der Waals surface area contributed by atoms with E-state index in [0.717, 1.165) is 5.52 Å². The summed E-state index contributed by atoms with van der Waals surface area (Å²) >= 11 is 0. The molecule has 0 aliphatic rings. The summed E-state index contributed by atoms with van der Waals surface area (Å²) < 4.78 is 20.4. The van der Waals surface area contributed by atoms with Crippen LogP contribution in [0.15, 0.2) is 60.9 Å². The summed E-state index contributed by atoms with van der Waals surface area (Å²) in [6.07, 6.45) is 6.10. The number of esters is 1. The summed E-state index contributed by atoms with van der Waals surface area (Å²) in [7, 11) is 0. The first-order chi connectivity index (χ1) is 11.7. The number of benzene rings is 1. The monoisotopic (exact) mass is 320 g/mol. The van der Waals surface area contributed by atoms with Crippen LogP contribution in [0.4, 0.5) is 4.39 Å². The quantitative estimate of drug-likeness (QED) is 0.544. The summed E-state index contributed by atoms with van der Waals surface area (Å²) in [6.45, 7) is -0.0228. The Hall–Kier alpha value is -3.39. The minimum atomic E-state index is -0.600. The second kappa shape index (κ2) is 6.80. The smallest absolute Gasteiger partial charge is 0.331 e.